The minimum Gasteiger partial charge on any atom is -1.00 e. The normalized spacial score (nSPS) is 17.7. The molecule has 21 heavy (non-hydrogen) atoms. The second kappa shape index (κ2) is 7.85. The van der Waals surface area contributed by atoms with Crippen molar-refractivity contribution in [1.29, 1.82) is 0 Å². The maximum atomic E-state index is 2.55. The van der Waals surface area contributed by atoms with Crippen LogP contribution in [0, 0.1) is 0 Å². The molecule has 0 fully saturated rings. The van der Waals surface area contributed by atoms with Crippen molar-refractivity contribution in [2.75, 3.05) is 0 Å². The predicted octanol–water partition coefficient (Wildman–Crippen LogP) is -1.17. The van der Waals surface area contributed by atoms with Gasteiger partial charge < -0.3 is 24.8 Å². The zero-order valence-corrected chi connectivity index (χ0v) is 17.8. The van der Waals surface area contributed by atoms with Crippen LogP contribution < -0.4 is 24.8 Å². The fraction of sp³-hybridized carbons (Fsp3) is 0.278. The molecule has 1 aromatic rings. The van der Waals surface area contributed by atoms with Gasteiger partial charge in [0.2, 0.25) is 0 Å². The van der Waals surface area contributed by atoms with Gasteiger partial charge in [-0.25, -0.2) is 0 Å². The monoisotopic (exact) mass is 486 g/mol. The van der Waals surface area contributed by atoms with Crippen molar-refractivity contribution in [2.24, 2.45) is 0 Å². The summed E-state index contributed by atoms with van der Waals surface area (Å²) >= 11 is -1.90. The predicted molar refractivity (Wildman–Crippen MR) is 81.0 cm³/mol. The average Bonchev–Trinajstić information content (AvgIpc) is 3.00. The molecule has 0 aliphatic heterocycles. The number of hydrogen-bond donors (Lipinski definition) is 0. The Morgan fingerprint density at radius 1 is 1.14 bits per heavy atom. The van der Waals surface area contributed by atoms with Crippen molar-refractivity contribution in [3.05, 3.63) is 63.0 Å². The molecule has 0 saturated heterocycles. The number of halogens is 2. The number of allylic oxidation sites excluding steroid dienone is 6. The van der Waals surface area contributed by atoms with Crippen LogP contribution in [-0.2, 0) is 21.0 Å². The molecule has 0 heterocycles. The Morgan fingerprint density at radius 2 is 1.86 bits per heavy atom. The quantitative estimate of drug-likeness (QED) is 0.463. The average molecular weight is 486 g/mol. The van der Waals surface area contributed by atoms with Gasteiger partial charge in [0.1, 0.15) is 0 Å². The van der Waals surface area contributed by atoms with E-state index in [-0.39, 0.29) is 24.8 Å². The fourth-order valence-corrected chi connectivity index (χ4v) is 15.0. The molecule has 0 saturated carbocycles. The first kappa shape index (κ1) is 18.8. The Bertz CT molecular complexity index is 647. The van der Waals surface area contributed by atoms with E-state index in [1.54, 1.807) is 12.1 Å². The topological polar surface area (TPSA) is 0 Å². The molecule has 0 N–H and O–H groups in total. The van der Waals surface area contributed by atoms with Gasteiger partial charge >= 0.3 is 124 Å². The Hall–Kier alpha value is -0.240. The van der Waals surface area contributed by atoms with E-state index in [1.807, 2.05) is 0 Å². The zero-order valence-electron chi connectivity index (χ0n) is 12.7. The largest absolute Gasteiger partial charge is 1.00 e. The van der Waals surface area contributed by atoms with Crippen LogP contribution in [0.2, 0.25) is 0 Å². The zero-order chi connectivity index (χ0) is 13.4. The minimum atomic E-state index is -1.90. The number of fused-ring (bicyclic) bond motifs is 1. The van der Waals surface area contributed by atoms with Gasteiger partial charge in [0.05, 0.1) is 0 Å². The molecule has 3 heteroatoms. The van der Waals surface area contributed by atoms with Crippen molar-refractivity contribution >= 4 is 8.83 Å². The minimum absolute atomic E-state index is 0. The molecule has 0 amide bonds. The Balaban J connectivity index is 0.00000110. The first-order valence-electron chi connectivity index (χ1n) is 6.99. The van der Waals surface area contributed by atoms with Gasteiger partial charge in [0.15, 0.2) is 0 Å². The summed E-state index contributed by atoms with van der Waals surface area (Å²) in [6.45, 7) is 7.01. The van der Waals surface area contributed by atoms with Crippen LogP contribution in [0.15, 0.2) is 51.9 Å². The summed E-state index contributed by atoms with van der Waals surface area (Å²) in [5, 5.41) is 0. The van der Waals surface area contributed by atoms with Gasteiger partial charge in [0.25, 0.3) is 0 Å². The van der Waals surface area contributed by atoms with E-state index in [1.165, 1.54) is 17.6 Å². The Morgan fingerprint density at radius 3 is 2.48 bits per heavy atom. The third kappa shape index (κ3) is 3.57. The molecule has 0 radical (unpaired) electrons. The molecular weight excluding hydrogens is 466 g/mol. The van der Waals surface area contributed by atoms with E-state index in [2.05, 4.69) is 69.3 Å². The molecule has 0 bridgehead atoms. The van der Waals surface area contributed by atoms with Gasteiger partial charge in [-0.05, 0) is 0 Å². The molecule has 1 unspecified atom stereocenters. The van der Waals surface area contributed by atoms with Crippen molar-refractivity contribution in [2.45, 2.75) is 30.9 Å². The maximum Gasteiger partial charge on any atom is -1.00 e. The smallest absolute Gasteiger partial charge is 1.00 e. The van der Waals surface area contributed by atoms with Gasteiger partial charge in [-0.3, -0.25) is 0 Å². The molecule has 0 spiro atoms. The Kier molecular flexibility index (Phi) is 7.03. The van der Waals surface area contributed by atoms with Crippen LogP contribution in [0.1, 0.15) is 42.0 Å². The summed E-state index contributed by atoms with van der Waals surface area (Å²) in [7, 11) is 0. The fourth-order valence-electron chi connectivity index (χ4n) is 3.27. The van der Waals surface area contributed by atoms with Gasteiger partial charge in [-0.1, -0.05) is 0 Å². The first-order chi connectivity index (χ1) is 9.18. The van der Waals surface area contributed by atoms with Gasteiger partial charge in [0, 0.05) is 0 Å². The second-order valence-electron chi connectivity index (χ2n) is 5.65. The molecule has 110 valence electrons. The van der Waals surface area contributed by atoms with E-state index in [0.29, 0.717) is 0 Å². The SMILES string of the molecule is CC1=C[CH]([Hf+2]([C]2=CC=CC2)=[C](C)C)c2ccccc21.[Cl-].[Cl-]. The van der Waals surface area contributed by atoms with Crippen molar-refractivity contribution in [3.63, 3.8) is 0 Å². The van der Waals surface area contributed by atoms with Crippen molar-refractivity contribution < 1.29 is 45.8 Å². The number of rotatable bonds is 2. The molecule has 2 aliphatic rings. The van der Waals surface area contributed by atoms with Crippen LogP contribution >= 0.6 is 0 Å². The molecule has 2 aliphatic carbocycles. The first-order valence-corrected chi connectivity index (χ1v) is 12.7. The van der Waals surface area contributed by atoms with Gasteiger partial charge in [-0.2, -0.15) is 0 Å². The maximum absolute atomic E-state index is 2.55. The summed E-state index contributed by atoms with van der Waals surface area (Å²) in [5.74, 6) is 0. The van der Waals surface area contributed by atoms with Crippen molar-refractivity contribution in [3.8, 4) is 0 Å². The molecule has 0 nitrogen and oxygen atoms in total. The summed E-state index contributed by atoms with van der Waals surface area (Å²) in [6, 6.07) is 9.01. The van der Waals surface area contributed by atoms with E-state index in [4.69, 9.17) is 0 Å². The molecule has 1 aromatic carbocycles. The van der Waals surface area contributed by atoms with Crippen LogP contribution in [0.5, 0.6) is 0 Å². The molecule has 0 aromatic heterocycles. The van der Waals surface area contributed by atoms with E-state index in [0.717, 1.165) is 3.67 Å². The van der Waals surface area contributed by atoms with E-state index >= 15 is 0 Å². The number of benzene rings is 1. The molecule has 1 atom stereocenters. The van der Waals surface area contributed by atoms with Crippen LogP contribution in [0.4, 0.5) is 0 Å². The van der Waals surface area contributed by atoms with Gasteiger partial charge in [-0.15, -0.1) is 0 Å². The summed E-state index contributed by atoms with van der Waals surface area (Å²) in [6.07, 6.45) is 10.7. The van der Waals surface area contributed by atoms with Crippen LogP contribution in [0.3, 0.4) is 0 Å². The third-order valence-corrected chi connectivity index (χ3v) is 15.7. The van der Waals surface area contributed by atoms with E-state index < -0.39 is 21.0 Å². The van der Waals surface area contributed by atoms with E-state index in [9.17, 15) is 0 Å². The standard InChI is InChI=1S/C10H9.C5H5.C3H6.2ClH.Hf/c1-8-6-7-9-4-2-3-5-10(8)9;1-2-4-5-3-1;1-3-2;;;/h2-7H,1H3;1-3H,4H2;1-2H3;2*1H;/q;;;;;+2/p-2. The van der Waals surface area contributed by atoms with Crippen LogP contribution in [-0.4, -0.2) is 3.26 Å². The third-order valence-electron chi connectivity index (χ3n) is 4.10. The Labute approximate surface area is 147 Å². The molecule has 3 rings (SSSR count). The number of hydrogen-bond acceptors (Lipinski definition) is 0. The summed E-state index contributed by atoms with van der Waals surface area (Å²) in [4.78, 5) is 0. The second-order valence-corrected chi connectivity index (χ2v) is 16.8. The molecular formula is C18H20Cl2Hf. The summed E-state index contributed by atoms with van der Waals surface area (Å²) < 4.78 is 4.24. The summed E-state index contributed by atoms with van der Waals surface area (Å²) in [5.41, 5.74) is 4.56. The van der Waals surface area contributed by atoms with Crippen molar-refractivity contribution in [1.82, 2.24) is 0 Å². The van der Waals surface area contributed by atoms with Crippen LogP contribution in [0.25, 0.3) is 5.57 Å².